The van der Waals surface area contributed by atoms with E-state index in [0.717, 1.165) is 94.3 Å². The summed E-state index contributed by atoms with van der Waals surface area (Å²) in [6, 6.07) is 80.0. The number of hydrogen-bond acceptors (Lipinski definition) is 3. The zero-order valence-corrected chi connectivity index (χ0v) is 33.1. The monoisotopic (exact) mass is 779 g/mol. The summed E-state index contributed by atoms with van der Waals surface area (Å²) >= 11 is 0. The largest absolute Gasteiger partial charge is 0.455 e. The second-order valence-electron chi connectivity index (χ2n) is 15.6. The number of benzene rings is 10. The lowest BCUT2D eigenvalue weighted by Gasteiger charge is -2.27. The topological polar surface area (TPSA) is 29.5 Å². The van der Waals surface area contributed by atoms with Crippen LogP contribution in [0, 0.1) is 0 Å². The normalized spacial score (nSPS) is 11.6. The molecule has 0 saturated carbocycles. The van der Waals surface area contributed by atoms with Crippen molar-refractivity contribution in [1.82, 2.24) is 0 Å². The highest BCUT2D eigenvalue weighted by Crippen LogP contribution is 2.45. The number of nitrogens with zero attached hydrogens (tertiary/aromatic N) is 1. The Morgan fingerprint density at radius 3 is 1.46 bits per heavy atom. The molecule has 0 radical (unpaired) electrons. The first kappa shape index (κ1) is 34.9. The molecule has 0 aliphatic rings. The van der Waals surface area contributed by atoms with Crippen LogP contribution in [0.25, 0.3) is 99.2 Å². The van der Waals surface area contributed by atoms with Crippen LogP contribution in [-0.2, 0) is 0 Å². The van der Waals surface area contributed by atoms with Crippen molar-refractivity contribution in [3.05, 3.63) is 224 Å². The number of fused-ring (bicyclic) bond motifs is 7. The fourth-order valence-corrected chi connectivity index (χ4v) is 9.11. The fourth-order valence-electron chi connectivity index (χ4n) is 9.11. The Hall–Kier alpha value is -8.14. The molecule has 0 amide bonds. The molecule has 0 aliphatic carbocycles. The van der Waals surface area contributed by atoms with Crippen molar-refractivity contribution >= 4 is 71.7 Å². The second-order valence-corrected chi connectivity index (χ2v) is 15.6. The Kier molecular flexibility index (Phi) is 8.17. The van der Waals surface area contributed by atoms with Crippen LogP contribution >= 0.6 is 0 Å². The molecule has 0 aliphatic heterocycles. The molecule has 12 aromatic rings. The molecular formula is C58H37NO2. The lowest BCUT2D eigenvalue weighted by Crippen LogP contribution is -2.10. The lowest BCUT2D eigenvalue weighted by atomic mass is 9.91. The average Bonchev–Trinajstić information content (AvgIpc) is 3.91. The van der Waals surface area contributed by atoms with Crippen LogP contribution in [-0.4, -0.2) is 0 Å². The van der Waals surface area contributed by atoms with E-state index in [1.54, 1.807) is 0 Å². The maximum absolute atomic E-state index is 6.64. The first-order valence-electron chi connectivity index (χ1n) is 20.7. The summed E-state index contributed by atoms with van der Waals surface area (Å²) in [5, 5.41) is 6.89. The molecule has 0 bridgehead atoms. The van der Waals surface area contributed by atoms with Gasteiger partial charge in [0.2, 0.25) is 0 Å². The lowest BCUT2D eigenvalue weighted by molar-refractivity contribution is 0.669. The Labute approximate surface area is 353 Å². The molecule has 3 heteroatoms. The molecule has 3 nitrogen and oxygen atoms in total. The van der Waals surface area contributed by atoms with Crippen molar-refractivity contribution in [2.45, 2.75) is 0 Å². The van der Waals surface area contributed by atoms with E-state index in [9.17, 15) is 0 Å². The van der Waals surface area contributed by atoms with Crippen LogP contribution in [0.1, 0.15) is 0 Å². The summed E-state index contributed by atoms with van der Waals surface area (Å²) in [6.45, 7) is 0. The molecule has 2 heterocycles. The van der Waals surface area contributed by atoms with Crippen molar-refractivity contribution in [1.29, 1.82) is 0 Å². The first-order chi connectivity index (χ1) is 30.2. The minimum atomic E-state index is 0.888. The molecule has 61 heavy (non-hydrogen) atoms. The number of hydrogen-bond donors (Lipinski definition) is 0. The van der Waals surface area contributed by atoms with Gasteiger partial charge in [-0.2, -0.15) is 0 Å². The van der Waals surface area contributed by atoms with Crippen LogP contribution in [0.4, 0.5) is 17.1 Å². The highest BCUT2D eigenvalue weighted by Gasteiger charge is 2.20. The minimum Gasteiger partial charge on any atom is -0.455 e. The van der Waals surface area contributed by atoms with Crippen LogP contribution in [0.5, 0.6) is 0 Å². The Morgan fingerprint density at radius 1 is 0.262 bits per heavy atom. The van der Waals surface area contributed by atoms with E-state index < -0.39 is 0 Å². The molecule has 0 atom stereocenters. The van der Waals surface area contributed by atoms with Gasteiger partial charge in [0.05, 0.1) is 0 Å². The van der Waals surface area contributed by atoms with Gasteiger partial charge in [-0.25, -0.2) is 0 Å². The number of furan rings is 2. The Morgan fingerprint density at radius 2 is 0.770 bits per heavy atom. The van der Waals surface area contributed by atoms with Gasteiger partial charge in [-0.1, -0.05) is 170 Å². The van der Waals surface area contributed by atoms with Gasteiger partial charge in [0.15, 0.2) is 0 Å². The zero-order chi connectivity index (χ0) is 40.3. The van der Waals surface area contributed by atoms with Crippen molar-refractivity contribution in [3.8, 4) is 44.5 Å². The van der Waals surface area contributed by atoms with Crippen LogP contribution < -0.4 is 4.90 Å². The summed E-state index contributed by atoms with van der Waals surface area (Å²) in [5.74, 6) is 0. The molecule has 0 fully saturated rings. The third-order valence-corrected chi connectivity index (χ3v) is 12.1. The van der Waals surface area contributed by atoms with Crippen molar-refractivity contribution in [2.24, 2.45) is 0 Å². The first-order valence-corrected chi connectivity index (χ1v) is 20.7. The van der Waals surface area contributed by atoms with Crippen molar-refractivity contribution in [3.63, 3.8) is 0 Å². The summed E-state index contributed by atoms with van der Waals surface area (Å²) in [6.07, 6.45) is 0. The molecular weight excluding hydrogens is 743 g/mol. The SMILES string of the molecule is c1ccc(-c2ccc(N(c3ccc(-c4cccc5c4oc4ccccc45)cc3)c3ccc(-c4cccc5c4oc4ccccc45)c(-c4ccc5ccccc5c4)c3)cc2)cc1. The van der Waals surface area contributed by atoms with E-state index >= 15 is 0 Å². The highest BCUT2D eigenvalue weighted by atomic mass is 16.3. The molecule has 0 unspecified atom stereocenters. The summed E-state index contributed by atoms with van der Waals surface area (Å²) in [5.41, 5.74) is 15.7. The predicted molar refractivity (Wildman–Crippen MR) is 255 cm³/mol. The Bertz CT molecular complexity index is 3580. The van der Waals surface area contributed by atoms with Crippen LogP contribution in [0.2, 0.25) is 0 Å². The predicted octanol–water partition coefficient (Wildman–Crippen LogP) is 16.8. The highest BCUT2D eigenvalue weighted by molar-refractivity contribution is 6.11. The maximum atomic E-state index is 6.64. The number of anilines is 3. The van der Waals surface area contributed by atoms with Gasteiger partial charge < -0.3 is 13.7 Å². The van der Waals surface area contributed by atoms with Crippen molar-refractivity contribution < 1.29 is 8.83 Å². The van der Waals surface area contributed by atoms with E-state index in [1.807, 2.05) is 18.2 Å². The van der Waals surface area contributed by atoms with E-state index in [-0.39, 0.29) is 0 Å². The standard InChI is InChI=1S/C58H37NO2/c1-2-12-38(13-3-1)40-26-30-44(31-27-40)59(45-32-28-41(29-33-45)47-18-10-20-52-49-16-6-8-22-55(49)60-57(47)52)46-34-35-48(54(37-46)43-25-24-39-14-4-5-15-42(39)36-43)51-19-11-21-53-50-17-7-9-23-56(50)61-58(51)53/h1-37H. The third-order valence-electron chi connectivity index (χ3n) is 12.1. The molecule has 2 aromatic heterocycles. The van der Waals surface area contributed by atoms with E-state index in [1.165, 1.54) is 21.9 Å². The van der Waals surface area contributed by atoms with Crippen LogP contribution in [0.15, 0.2) is 233 Å². The smallest absolute Gasteiger partial charge is 0.143 e. The fraction of sp³-hybridized carbons (Fsp3) is 0. The minimum absolute atomic E-state index is 0.888. The van der Waals surface area contributed by atoms with Gasteiger partial charge >= 0.3 is 0 Å². The molecule has 286 valence electrons. The van der Waals surface area contributed by atoms with Gasteiger partial charge in [0.25, 0.3) is 0 Å². The van der Waals surface area contributed by atoms with E-state index in [0.29, 0.717) is 0 Å². The van der Waals surface area contributed by atoms with Gasteiger partial charge in [0.1, 0.15) is 22.3 Å². The van der Waals surface area contributed by atoms with Gasteiger partial charge in [-0.3, -0.25) is 0 Å². The molecule has 0 N–H and O–H groups in total. The molecule has 10 aromatic carbocycles. The number of para-hydroxylation sites is 4. The second kappa shape index (κ2) is 14.3. The maximum Gasteiger partial charge on any atom is 0.143 e. The molecule has 0 spiro atoms. The van der Waals surface area contributed by atoms with Gasteiger partial charge in [0, 0.05) is 49.7 Å². The van der Waals surface area contributed by atoms with E-state index in [4.69, 9.17) is 8.83 Å². The van der Waals surface area contributed by atoms with Gasteiger partial charge in [-0.05, 0) is 98.8 Å². The quantitative estimate of drug-likeness (QED) is 0.161. The third kappa shape index (κ3) is 5.98. The molecule has 0 saturated heterocycles. The van der Waals surface area contributed by atoms with E-state index in [2.05, 4.69) is 211 Å². The summed E-state index contributed by atoms with van der Waals surface area (Å²) in [4.78, 5) is 2.36. The van der Waals surface area contributed by atoms with Crippen LogP contribution in [0.3, 0.4) is 0 Å². The Balaban J connectivity index is 1.04. The number of rotatable bonds is 7. The van der Waals surface area contributed by atoms with Crippen molar-refractivity contribution in [2.75, 3.05) is 4.90 Å². The average molecular weight is 780 g/mol. The summed E-state index contributed by atoms with van der Waals surface area (Å²) < 4.78 is 13.1. The zero-order valence-electron chi connectivity index (χ0n) is 33.1. The molecule has 12 rings (SSSR count). The summed E-state index contributed by atoms with van der Waals surface area (Å²) in [7, 11) is 0. The van der Waals surface area contributed by atoms with Gasteiger partial charge in [-0.15, -0.1) is 0 Å².